The van der Waals surface area contributed by atoms with E-state index in [0.29, 0.717) is 5.56 Å². The average Bonchev–Trinajstić information content (AvgIpc) is 2.46. The highest BCUT2D eigenvalue weighted by atomic mass is 32.2. The van der Waals surface area contributed by atoms with Gasteiger partial charge in [-0.2, -0.15) is 11.8 Å². The Hall–Kier alpha value is -1.00. The molecule has 1 fully saturated rings. The summed E-state index contributed by atoms with van der Waals surface area (Å²) in [5, 5.41) is 0. The van der Waals surface area contributed by atoms with Gasteiger partial charge in [0, 0.05) is 17.4 Å². The van der Waals surface area contributed by atoms with Crippen LogP contribution in [0.25, 0.3) is 0 Å². The molecule has 0 bridgehead atoms. The molecule has 0 aliphatic carbocycles. The molecule has 1 aliphatic heterocycles. The average molecular weight is 310 g/mol. The Balaban J connectivity index is 2.16. The Kier molecular flexibility index (Phi) is 5.49. The summed E-state index contributed by atoms with van der Waals surface area (Å²) in [6.07, 6.45) is 1.96. The molecule has 1 heterocycles. The number of hydrogen-bond acceptors (Lipinski definition) is 4. The Morgan fingerprint density at radius 2 is 2.30 bits per heavy atom. The Bertz CT molecular complexity index is 612. The van der Waals surface area contributed by atoms with Crippen LogP contribution in [0.15, 0.2) is 29.2 Å². The number of benzene rings is 1. The SMILES string of the molecule is NCC#Cc1cccc(S(=O)(=O)NC2CCCSC2)c1. The van der Waals surface area contributed by atoms with Crippen LogP contribution in [0.2, 0.25) is 0 Å². The van der Waals surface area contributed by atoms with Gasteiger partial charge in [-0.05, 0) is 36.8 Å². The molecule has 1 saturated heterocycles. The number of nitrogens with one attached hydrogen (secondary N) is 1. The summed E-state index contributed by atoms with van der Waals surface area (Å²) in [6.45, 7) is 0.258. The Morgan fingerprint density at radius 1 is 1.45 bits per heavy atom. The van der Waals surface area contributed by atoms with Crippen LogP contribution >= 0.6 is 11.8 Å². The van der Waals surface area contributed by atoms with Crippen molar-refractivity contribution in [1.29, 1.82) is 0 Å². The molecule has 108 valence electrons. The molecular weight excluding hydrogens is 292 g/mol. The highest BCUT2D eigenvalue weighted by Gasteiger charge is 2.22. The monoisotopic (exact) mass is 310 g/mol. The minimum absolute atomic E-state index is 0.0255. The van der Waals surface area contributed by atoms with E-state index in [4.69, 9.17) is 5.73 Å². The second kappa shape index (κ2) is 7.14. The van der Waals surface area contributed by atoms with Gasteiger partial charge in [0.25, 0.3) is 0 Å². The summed E-state index contributed by atoms with van der Waals surface area (Å²) in [6, 6.07) is 6.67. The van der Waals surface area contributed by atoms with Crippen LogP contribution in [0, 0.1) is 11.8 Å². The fourth-order valence-electron chi connectivity index (χ4n) is 2.02. The largest absolute Gasteiger partial charge is 0.320 e. The molecular formula is C14H18N2O2S2. The first-order valence-electron chi connectivity index (χ1n) is 6.51. The van der Waals surface area contributed by atoms with Crippen molar-refractivity contribution in [2.75, 3.05) is 18.1 Å². The van der Waals surface area contributed by atoms with Gasteiger partial charge in [-0.3, -0.25) is 0 Å². The molecule has 3 N–H and O–H groups in total. The van der Waals surface area contributed by atoms with E-state index in [9.17, 15) is 8.42 Å². The van der Waals surface area contributed by atoms with Crippen LogP contribution in [0.5, 0.6) is 0 Å². The molecule has 1 unspecified atom stereocenters. The molecule has 0 aromatic heterocycles. The maximum atomic E-state index is 12.3. The molecule has 0 spiro atoms. The van der Waals surface area contributed by atoms with Crippen molar-refractivity contribution in [2.24, 2.45) is 5.73 Å². The molecule has 20 heavy (non-hydrogen) atoms. The first kappa shape index (κ1) is 15.4. The molecule has 0 radical (unpaired) electrons. The van der Waals surface area contributed by atoms with E-state index in [-0.39, 0.29) is 17.5 Å². The van der Waals surface area contributed by atoms with Crippen molar-refractivity contribution in [3.63, 3.8) is 0 Å². The lowest BCUT2D eigenvalue weighted by Gasteiger charge is -2.22. The molecule has 0 saturated carbocycles. The van der Waals surface area contributed by atoms with Gasteiger partial charge in [0.2, 0.25) is 10.0 Å². The van der Waals surface area contributed by atoms with Gasteiger partial charge in [0.1, 0.15) is 0 Å². The molecule has 2 rings (SSSR count). The first-order chi connectivity index (χ1) is 9.62. The van der Waals surface area contributed by atoms with Gasteiger partial charge in [-0.15, -0.1) is 0 Å². The lowest BCUT2D eigenvalue weighted by atomic mass is 10.2. The van der Waals surface area contributed by atoms with Crippen LogP contribution in [-0.4, -0.2) is 32.5 Å². The van der Waals surface area contributed by atoms with Crippen molar-refractivity contribution in [2.45, 2.75) is 23.8 Å². The Morgan fingerprint density at radius 3 is 3.00 bits per heavy atom. The molecule has 1 aliphatic rings. The van der Waals surface area contributed by atoms with Crippen molar-refractivity contribution < 1.29 is 8.42 Å². The van der Waals surface area contributed by atoms with Gasteiger partial charge in [0.05, 0.1) is 11.4 Å². The van der Waals surface area contributed by atoms with Crippen LogP contribution in [-0.2, 0) is 10.0 Å². The molecule has 1 atom stereocenters. The van der Waals surface area contributed by atoms with Crippen molar-refractivity contribution in [3.8, 4) is 11.8 Å². The molecule has 1 aromatic rings. The summed E-state index contributed by atoms with van der Waals surface area (Å²) in [4.78, 5) is 0.261. The van der Waals surface area contributed by atoms with E-state index in [1.165, 1.54) is 0 Å². The maximum Gasteiger partial charge on any atom is 0.240 e. The van der Waals surface area contributed by atoms with Crippen LogP contribution in [0.1, 0.15) is 18.4 Å². The predicted octanol–water partition coefficient (Wildman–Crippen LogP) is 1.17. The zero-order valence-corrected chi connectivity index (χ0v) is 12.8. The minimum Gasteiger partial charge on any atom is -0.320 e. The zero-order chi connectivity index (χ0) is 14.4. The third kappa shape index (κ3) is 4.25. The van der Waals surface area contributed by atoms with Crippen molar-refractivity contribution in [3.05, 3.63) is 29.8 Å². The second-order valence-corrected chi connectivity index (χ2v) is 7.43. The maximum absolute atomic E-state index is 12.3. The van der Waals surface area contributed by atoms with E-state index < -0.39 is 10.0 Å². The normalized spacial score (nSPS) is 19.1. The van der Waals surface area contributed by atoms with Gasteiger partial charge in [0.15, 0.2) is 0 Å². The lowest BCUT2D eigenvalue weighted by Crippen LogP contribution is -2.38. The second-order valence-electron chi connectivity index (χ2n) is 4.57. The summed E-state index contributed by atoms with van der Waals surface area (Å²) in [5.41, 5.74) is 5.98. The number of thioether (sulfide) groups is 1. The van der Waals surface area contributed by atoms with Gasteiger partial charge in [-0.1, -0.05) is 17.9 Å². The summed E-state index contributed by atoms with van der Waals surface area (Å²) in [5.74, 6) is 7.53. The topological polar surface area (TPSA) is 72.2 Å². The minimum atomic E-state index is -3.47. The molecule has 1 aromatic carbocycles. The first-order valence-corrected chi connectivity index (χ1v) is 9.15. The van der Waals surface area contributed by atoms with Gasteiger partial charge < -0.3 is 5.73 Å². The van der Waals surface area contributed by atoms with Crippen molar-refractivity contribution in [1.82, 2.24) is 4.72 Å². The van der Waals surface area contributed by atoms with E-state index in [1.54, 1.807) is 36.0 Å². The van der Waals surface area contributed by atoms with Gasteiger partial charge >= 0.3 is 0 Å². The lowest BCUT2D eigenvalue weighted by molar-refractivity contribution is 0.543. The number of rotatable bonds is 3. The molecule has 4 nitrogen and oxygen atoms in total. The van der Waals surface area contributed by atoms with E-state index >= 15 is 0 Å². The fourth-order valence-corrected chi connectivity index (χ4v) is 4.51. The third-order valence-corrected chi connectivity index (χ3v) is 5.69. The fraction of sp³-hybridized carbons (Fsp3) is 0.429. The predicted molar refractivity (Wildman–Crippen MR) is 83.0 cm³/mol. The smallest absolute Gasteiger partial charge is 0.240 e. The zero-order valence-electron chi connectivity index (χ0n) is 11.1. The van der Waals surface area contributed by atoms with E-state index in [2.05, 4.69) is 16.6 Å². The van der Waals surface area contributed by atoms with E-state index in [0.717, 1.165) is 24.3 Å². The van der Waals surface area contributed by atoms with Crippen LogP contribution in [0.3, 0.4) is 0 Å². The molecule has 0 amide bonds. The quantitative estimate of drug-likeness (QED) is 0.822. The van der Waals surface area contributed by atoms with Crippen molar-refractivity contribution >= 4 is 21.8 Å². The highest BCUT2D eigenvalue weighted by Crippen LogP contribution is 2.19. The van der Waals surface area contributed by atoms with Gasteiger partial charge in [-0.25, -0.2) is 13.1 Å². The number of hydrogen-bond donors (Lipinski definition) is 2. The highest BCUT2D eigenvalue weighted by molar-refractivity contribution is 7.99. The number of nitrogens with two attached hydrogens (primary N) is 1. The number of sulfonamides is 1. The van der Waals surface area contributed by atoms with Crippen LogP contribution in [0.4, 0.5) is 0 Å². The summed E-state index contributed by atoms with van der Waals surface area (Å²) < 4.78 is 27.4. The summed E-state index contributed by atoms with van der Waals surface area (Å²) >= 11 is 1.79. The summed E-state index contributed by atoms with van der Waals surface area (Å²) in [7, 11) is -3.47. The Labute approximate surface area is 124 Å². The molecule has 6 heteroatoms. The van der Waals surface area contributed by atoms with E-state index in [1.807, 2.05) is 0 Å². The third-order valence-electron chi connectivity index (χ3n) is 2.96. The standard InChI is InChI=1S/C14H18N2O2S2/c15-8-2-5-12-4-1-7-14(10-12)20(17,18)16-13-6-3-9-19-11-13/h1,4,7,10,13,16H,3,6,8-9,11,15H2. The van der Waals surface area contributed by atoms with Crippen LogP contribution < -0.4 is 10.5 Å².